The first-order chi connectivity index (χ1) is 2.00. The Morgan fingerprint density at radius 1 is 1.25 bits per heavy atom. The van der Waals surface area contributed by atoms with Crippen LogP contribution in [0, 0.1) is 0 Å². The molecular weight excluding hydrogens is 162 g/mol. The van der Waals surface area contributed by atoms with Crippen molar-refractivity contribution < 1.29 is 17.3 Å². The summed E-state index contributed by atoms with van der Waals surface area (Å²) in [5.74, 6) is 0. The molecule has 0 amide bonds. The third kappa shape index (κ3) is 17.0. The van der Waals surface area contributed by atoms with Crippen LogP contribution in [0.1, 0.15) is 0 Å². The Bertz CT molecular complexity index is 6.00. The van der Waals surface area contributed by atoms with Gasteiger partial charge in [-0.3, -0.25) is 0 Å². The summed E-state index contributed by atoms with van der Waals surface area (Å²) in [5.41, 5.74) is 0. The van der Waals surface area contributed by atoms with E-state index in [0.717, 1.165) is 0 Å². The molecule has 0 nitrogen and oxygen atoms in total. The molecule has 0 fully saturated rings. The molecule has 4 heavy (non-hydrogen) atoms. The van der Waals surface area contributed by atoms with Crippen LogP contribution in [0.5, 0.6) is 0 Å². The molecule has 28 valence electrons. The minimum atomic E-state index is 2.02. The Morgan fingerprint density at radius 2 is 1.25 bits per heavy atom. The molecule has 0 atom stereocenters. The Kier molecular flexibility index (Phi) is 133. The quantitative estimate of drug-likeness (QED) is 0.378. The summed E-state index contributed by atoms with van der Waals surface area (Å²) < 4.78 is 0. The van der Waals surface area contributed by atoms with Crippen molar-refractivity contribution in [1.29, 1.82) is 0 Å². The van der Waals surface area contributed by atoms with Crippen molar-refractivity contribution in [3.8, 4) is 0 Å². The van der Waals surface area contributed by atoms with Crippen LogP contribution < -0.4 is 0 Å². The van der Waals surface area contributed by atoms with Crippen molar-refractivity contribution in [2.24, 2.45) is 0 Å². The van der Waals surface area contributed by atoms with Crippen LogP contribution in [0.15, 0.2) is 13.2 Å². The molecule has 0 N–H and O–H groups in total. The first kappa shape index (κ1) is 8.82. The van der Waals surface area contributed by atoms with E-state index in [2.05, 4.69) is 22.8 Å². The van der Waals surface area contributed by atoms with Gasteiger partial charge in [0.1, 0.15) is 0 Å². The van der Waals surface area contributed by atoms with E-state index < -0.39 is 0 Å². The molecule has 0 bridgehead atoms. The van der Waals surface area contributed by atoms with Gasteiger partial charge >= 0.3 is 27.0 Å². The first-order valence-corrected chi connectivity index (χ1v) is 2.74. The summed E-state index contributed by atoms with van der Waals surface area (Å²) in [4.78, 5) is 0. The molecule has 0 aliphatic heterocycles. The predicted octanol–water partition coefficient (Wildman–Crippen LogP) is 1.49. The summed E-state index contributed by atoms with van der Waals surface area (Å²) in [6.07, 6.45) is 0. The van der Waals surface area contributed by atoms with E-state index in [1.54, 1.807) is 0 Å². The van der Waals surface area contributed by atoms with Crippen molar-refractivity contribution in [2.45, 2.75) is 0 Å². The van der Waals surface area contributed by atoms with E-state index in [9.17, 15) is 0 Å². The van der Waals surface area contributed by atoms with Gasteiger partial charge in [-0.2, -0.15) is 0 Å². The van der Waals surface area contributed by atoms with Crippen LogP contribution in [0.25, 0.3) is 0 Å². The summed E-state index contributed by atoms with van der Waals surface area (Å²) in [6.45, 7) is 6.00. The average Bonchev–Trinajstić information content (AvgIpc) is 1.50. The molecule has 0 aliphatic carbocycles. The molecule has 0 saturated carbocycles. The third-order valence-corrected chi connectivity index (χ3v) is 0. The molecule has 0 aliphatic rings. The SMILES string of the molecule is C=C.[Cl][Rh]. The van der Waals surface area contributed by atoms with E-state index in [-0.39, 0.29) is 0 Å². The number of hydrogen-bond acceptors (Lipinski definition) is 0. The van der Waals surface area contributed by atoms with E-state index >= 15 is 0 Å². The van der Waals surface area contributed by atoms with Gasteiger partial charge in [-0.05, 0) is 0 Å². The van der Waals surface area contributed by atoms with E-state index in [1.807, 2.05) is 17.3 Å². The monoisotopic (exact) mass is 166 g/mol. The van der Waals surface area contributed by atoms with Gasteiger partial charge in [-0.1, -0.05) is 0 Å². The number of halogens is 1. The molecule has 0 radical (unpaired) electrons. The first-order valence-electron chi connectivity index (χ1n) is 0.626. The Balaban J connectivity index is 0. The Labute approximate surface area is 40.6 Å². The minimum absolute atomic E-state index is 2.02. The predicted molar refractivity (Wildman–Crippen MR) is 17.1 cm³/mol. The van der Waals surface area contributed by atoms with Crippen molar-refractivity contribution >= 4 is 9.69 Å². The third-order valence-electron chi connectivity index (χ3n) is 0. The maximum absolute atomic E-state index is 4.53. The average molecular weight is 166 g/mol. The van der Waals surface area contributed by atoms with Gasteiger partial charge in [0, 0.05) is 0 Å². The van der Waals surface area contributed by atoms with Gasteiger partial charge in [-0.25, -0.2) is 0 Å². The fraction of sp³-hybridized carbons (Fsp3) is 0. The maximum atomic E-state index is 4.53. The molecule has 0 aromatic rings. The second-order valence-electron chi connectivity index (χ2n) is 0. The Hall–Kier alpha value is 0.653. The van der Waals surface area contributed by atoms with Gasteiger partial charge in [0.25, 0.3) is 0 Å². The van der Waals surface area contributed by atoms with Crippen LogP contribution in [0.3, 0.4) is 0 Å². The summed E-state index contributed by atoms with van der Waals surface area (Å²) in [6, 6.07) is 0. The molecule has 0 saturated heterocycles. The van der Waals surface area contributed by atoms with Crippen molar-refractivity contribution in [3.63, 3.8) is 0 Å². The molecule has 0 aromatic carbocycles. The zero-order valence-corrected chi connectivity index (χ0v) is 4.52. The second kappa shape index (κ2) is 60.3. The van der Waals surface area contributed by atoms with Crippen molar-refractivity contribution in [1.82, 2.24) is 0 Å². The normalized spacial score (nSPS) is 2.75. The topological polar surface area (TPSA) is 0 Å². The van der Waals surface area contributed by atoms with Crippen LogP contribution in [-0.2, 0) is 17.3 Å². The molecule has 0 unspecified atom stereocenters. The van der Waals surface area contributed by atoms with Crippen molar-refractivity contribution in [2.75, 3.05) is 0 Å². The van der Waals surface area contributed by atoms with Crippen LogP contribution in [0.4, 0.5) is 0 Å². The van der Waals surface area contributed by atoms with E-state index in [0.29, 0.717) is 0 Å². The summed E-state index contributed by atoms with van der Waals surface area (Å²) in [5, 5.41) is 0. The second-order valence-corrected chi connectivity index (χ2v) is 0. The van der Waals surface area contributed by atoms with Crippen LogP contribution >= 0.6 is 9.69 Å². The number of hydrogen-bond donors (Lipinski definition) is 0. The van der Waals surface area contributed by atoms with Crippen molar-refractivity contribution in [3.05, 3.63) is 13.2 Å². The fourth-order valence-electron chi connectivity index (χ4n) is 0. The van der Waals surface area contributed by atoms with Crippen LogP contribution in [-0.4, -0.2) is 0 Å². The van der Waals surface area contributed by atoms with Gasteiger partial charge < -0.3 is 0 Å². The number of rotatable bonds is 0. The van der Waals surface area contributed by atoms with E-state index in [4.69, 9.17) is 0 Å². The summed E-state index contributed by atoms with van der Waals surface area (Å²) in [7, 11) is 4.53. The molecule has 0 spiro atoms. The van der Waals surface area contributed by atoms with Gasteiger partial charge in [0.05, 0.1) is 0 Å². The van der Waals surface area contributed by atoms with Gasteiger partial charge in [0.2, 0.25) is 0 Å². The molecule has 0 aromatic heterocycles. The Morgan fingerprint density at radius 3 is 1.25 bits per heavy atom. The van der Waals surface area contributed by atoms with E-state index in [1.165, 1.54) is 0 Å². The summed E-state index contributed by atoms with van der Waals surface area (Å²) >= 11 is 2.02. The fourth-order valence-corrected chi connectivity index (χ4v) is 0. The molecule has 0 heterocycles. The molecular formula is C2H4ClRh. The molecule has 2 heteroatoms. The zero-order chi connectivity index (χ0) is 4.00. The van der Waals surface area contributed by atoms with Crippen LogP contribution in [0.2, 0.25) is 0 Å². The standard InChI is InChI=1S/C2H4.ClH.Rh/c1-2;;/h1-2H2;1H;/q;;+1/p-1. The van der Waals surface area contributed by atoms with Gasteiger partial charge in [-0.15, -0.1) is 13.2 Å². The van der Waals surface area contributed by atoms with Gasteiger partial charge in [0.15, 0.2) is 0 Å². The zero-order valence-electron chi connectivity index (χ0n) is 2.13. The molecule has 0 rings (SSSR count).